The molecule has 0 bridgehead atoms. The van der Waals surface area contributed by atoms with Gasteiger partial charge in [0, 0.05) is 19.4 Å². The summed E-state index contributed by atoms with van der Waals surface area (Å²) >= 11 is 0. The molecule has 2 aliphatic rings. The van der Waals surface area contributed by atoms with Crippen LogP contribution in [0.15, 0.2) is 0 Å². The molecule has 0 aromatic rings. The summed E-state index contributed by atoms with van der Waals surface area (Å²) in [5.41, 5.74) is 0.00729. The molecular weight excluding hydrogens is 216 g/mol. The second-order valence-electron chi connectivity index (χ2n) is 5.36. The molecule has 2 rings (SSSR count). The highest BCUT2D eigenvalue weighted by atomic mass is 16.7. The summed E-state index contributed by atoms with van der Waals surface area (Å²) in [7, 11) is 0. The molecule has 0 radical (unpaired) electrons. The third-order valence-electron chi connectivity index (χ3n) is 4.03. The van der Waals surface area contributed by atoms with Gasteiger partial charge in [-0.2, -0.15) is 0 Å². The van der Waals surface area contributed by atoms with Crippen molar-refractivity contribution in [2.75, 3.05) is 19.8 Å². The minimum atomic E-state index is -0.318. The maximum absolute atomic E-state index is 6.10. The third kappa shape index (κ3) is 3.01. The number of ether oxygens (including phenoxy) is 3. The Bertz CT molecular complexity index is 232. The van der Waals surface area contributed by atoms with Crippen molar-refractivity contribution in [2.24, 2.45) is 0 Å². The maximum atomic E-state index is 6.10. The smallest absolute Gasteiger partial charge is 0.171 e. The molecule has 1 unspecified atom stereocenters. The van der Waals surface area contributed by atoms with Crippen LogP contribution in [-0.4, -0.2) is 31.2 Å². The normalized spacial score (nSPS) is 32.1. The molecule has 1 aliphatic heterocycles. The van der Waals surface area contributed by atoms with Crippen molar-refractivity contribution in [3.63, 3.8) is 0 Å². The van der Waals surface area contributed by atoms with Crippen LogP contribution in [-0.2, 0) is 14.2 Å². The van der Waals surface area contributed by atoms with Gasteiger partial charge in [0.05, 0.1) is 18.8 Å². The zero-order valence-electron chi connectivity index (χ0n) is 11.3. The zero-order chi connectivity index (χ0) is 12.2. The van der Waals surface area contributed by atoms with Gasteiger partial charge in [0.1, 0.15) is 0 Å². The van der Waals surface area contributed by atoms with E-state index in [0.29, 0.717) is 0 Å². The number of unbranched alkanes of at least 4 members (excludes halogenated alkanes) is 1. The summed E-state index contributed by atoms with van der Waals surface area (Å²) in [6.45, 7) is 6.61. The summed E-state index contributed by atoms with van der Waals surface area (Å²) in [6.07, 6.45) is 7.88. The molecule has 1 aliphatic carbocycles. The Morgan fingerprint density at radius 2 is 1.88 bits per heavy atom. The summed E-state index contributed by atoms with van der Waals surface area (Å²) in [5.74, 6) is -0.318. The van der Waals surface area contributed by atoms with E-state index in [2.05, 4.69) is 13.8 Å². The van der Waals surface area contributed by atoms with E-state index >= 15 is 0 Å². The van der Waals surface area contributed by atoms with Crippen molar-refractivity contribution in [1.82, 2.24) is 0 Å². The summed E-state index contributed by atoms with van der Waals surface area (Å²) in [5, 5.41) is 0. The predicted octanol–water partition coefficient (Wildman–Crippen LogP) is 3.27. The standard InChI is InChI=1S/C14H26O3/c1-3-5-7-13(15-4-2)8-6-9-14(12-13)16-10-11-17-14/h3-12H2,1-2H3. The lowest BCUT2D eigenvalue weighted by Gasteiger charge is -2.44. The van der Waals surface area contributed by atoms with Gasteiger partial charge < -0.3 is 14.2 Å². The first-order valence-electron chi connectivity index (χ1n) is 7.16. The minimum Gasteiger partial charge on any atom is -0.375 e. The van der Waals surface area contributed by atoms with E-state index in [0.717, 1.165) is 51.9 Å². The van der Waals surface area contributed by atoms with Gasteiger partial charge in [0.2, 0.25) is 0 Å². The van der Waals surface area contributed by atoms with Gasteiger partial charge in [-0.15, -0.1) is 0 Å². The Hall–Kier alpha value is -0.120. The van der Waals surface area contributed by atoms with Crippen LogP contribution >= 0.6 is 0 Å². The molecular formula is C14H26O3. The molecule has 17 heavy (non-hydrogen) atoms. The highest BCUT2D eigenvalue weighted by Gasteiger charge is 2.48. The second-order valence-corrected chi connectivity index (χ2v) is 5.36. The molecule has 1 spiro atoms. The monoisotopic (exact) mass is 242 g/mol. The Morgan fingerprint density at radius 3 is 2.53 bits per heavy atom. The highest BCUT2D eigenvalue weighted by molar-refractivity contribution is 4.94. The average Bonchev–Trinajstić information content (AvgIpc) is 2.75. The molecule has 2 fully saturated rings. The quantitative estimate of drug-likeness (QED) is 0.740. The van der Waals surface area contributed by atoms with Crippen molar-refractivity contribution in [3.8, 4) is 0 Å². The van der Waals surface area contributed by atoms with Gasteiger partial charge in [-0.25, -0.2) is 0 Å². The molecule has 0 aromatic carbocycles. The summed E-state index contributed by atoms with van der Waals surface area (Å²) < 4.78 is 17.8. The van der Waals surface area contributed by atoms with Crippen LogP contribution in [0.4, 0.5) is 0 Å². The Kier molecular flexibility index (Phi) is 4.45. The fraction of sp³-hybridized carbons (Fsp3) is 1.00. The summed E-state index contributed by atoms with van der Waals surface area (Å²) in [4.78, 5) is 0. The van der Waals surface area contributed by atoms with Crippen LogP contribution in [0.2, 0.25) is 0 Å². The van der Waals surface area contributed by atoms with Crippen molar-refractivity contribution >= 4 is 0 Å². The van der Waals surface area contributed by atoms with Crippen molar-refractivity contribution in [3.05, 3.63) is 0 Å². The SMILES string of the molecule is CCCCC1(OCC)CCCC2(C1)OCCO2. The highest BCUT2D eigenvalue weighted by Crippen LogP contribution is 2.44. The van der Waals surface area contributed by atoms with E-state index in [4.69, 9.17) is 14.2 Å². The largest absolute Gasteiger partial charge is 0.375 e. The van der Waals surface area contributed by atoms with E-state index in [9.17, 15) is 0 Å². The first-order chi connectivity index (χ1) is 8.24. The lowest BCUT2D eigenvalue weighted by Crippen LogP contribution is -2.48. The Labute approximate surface area is 105 Å². The minimum absolute atomic E-state index is 0.00729. The average molecular weight is 242 g/mol. The zero-order valence-corrected chi connectivity index (χ0v) is 11.3. The Morgan fingerprint density at radius 1 is 1.12 bits per heavy atom. The molecule has 1 heterocycles. The fourth-order valence-electron chi connectivity index (χ4n) is 3.30. The van der Waals surface area contributed by atoms with Crippen LogP contribution in [0.25, 0.3) is 0 Å². The van der Waals surface area contributed by atoms with Gasteiger partial charge in [-0.05, 0) is 26.2 Å². The van der Waals surface area contributed by atoms with Gasteiger partial charge in [0.25, 0.3) is 0 Å². The van der Waals surface area contributed by atoms with E-state index < -0.39 is 0 Å². The molecule has 0 N–H and O–H groups in total. The van der Waals surface area contributed by atoms with Crippen molar-refractivity contribution in [2.45, 2.75) is 70.2 Å². The lowest BCUT2D eigenvalue weighted by molar-refractivity contribution is -0.229. The van der Waals surface area contributed by atoms with Gasteiger partial charge in [-0.3, -0.25) is 0 Å². The van der Waals surface area contributed by atoms with Crippen molar-refractivity contribution < 1.29 is 14.2 Å². The molecule has 100 valence electrons. The van der Waals surface area contributed by atoms with Gasteiger partial charge >= 0.3 is 0 Å². The first kappa shape index (κ1) is 13.3. The molecule has 3 nitrogen and oxygen atoms in total. The van der Waals surface area contributed by atoms with E-state index in [-0.39, 0.29) is 11.4 Å². The van der Waals surface area contributed by atoms with E-state index in [1.54, 1.807) is 0 Å². The van der Waals surface area contributed by atoms with Crippen LogP contribution in [0.5, 0.6) is 0 Å². The van der Waals surface area contributed by atoms with Crippen LogP contribution in [0.3, 0.4) is 0 Å². The molecule has 3 heteroatoms. The van der Waals surface area contributed by atoms with Gasteiger partial charge in [-0.1, -0.05) is 19.8 Å². The van der Waals surface area contributed by atoms with E-state index in [1.165, 1.54) is 12.8 Å². The first-order valence-corrected chi connectivity index (χ1v) is 7.16. The lowest BCUT2D eigenvalue weighted by atomic mass is 9.77. The van der Waals surface area contributed by atoms with Crippen LogP contribution in [0.1, 0.15) is 58.8 Å². The maximum Gasteiger partial charge on any atom is 0.171 e. The van der Waals surface area contributed by atoms with Crippen molar-refractivity contribution in [1.29, 1.82) is 0 Å². The Balaban J connectivity index is 2.03. The number of rotatable bonds is 5. The summed E-state index contributed by atoms with van der Waals surface area (Å²) in [6, 6.07) is 0. The predicted molar refractivity (Wildman–Crippen MR) is 67.0 cm³/mol. The van der Waals surface area contributed by atoms with Crippen LogP contribution < -0.4 is 0 Å². The third-order valence-corrected chi connectivity index (χ3v) is 4.03. The van der Waals surface area contributed by atoms with Crippen LogP contribution in [0, 0.1) is 0 Å². The second kappa shape index (κ2) is 5.68. The van der Waals surface area contributed by atoms with Gasteiger partial charge in [0.15, 0.2) is 5.79 Å². The molecule has 0 amide bonds. The number of hydrogen-bond donors (Lipinski definition) is 0. The molecule has 1 saturated carbocycles. The fourth-order valence-corrected chi connectivity index (χ4v) is 3.30. The molecule has 1 atom stereocenters. The molecule has 0 aromatic heterocycles. The van der Waals surface area contributed by atoms with E-state index in [1.807, 2.05) is 0 Å². The topological polar surface area (TPSA) is 27.7 Å². The number of hydrogen-bond acceptors (Lipinski definition) is 3. The molecule has 1 saturated heterocycles.